The van der Waals surface area contributed by atoms with Crippen molar-refractivity contribution in [2.45, 2.75) is 19.3 Å². The quantitative estimate of drug-likeness (QED) is 0.692. The number of nitriles is 1. The first-order valence-corrected chi connectivity index (χ1v) is 9.28. The molecule has 0 aliphatic carbocycles. The highest BCUT2D eigenvalue weighted by molar-refractivity contribution is 5.81. The molecular weight excluding hydrogens is 370 g/mol. The zero-order valence-electron chi connectivity index (χ0n) is 15.6. The number of anilines is 1. The molecule has 2 aromatic heterocycles. The Kier molecular flexibility index (Phi) is 3.91. The molecule has 1 amide bonds. The van der Waals surface area contributed by atoms with E-state index in [4.69, 9.17) is 4.63 Å². The molecule has 2 aliphatic heterocycles. The SMILES string of the molecule is CC(=O)N1CC=C(C2=C(C#N)C(c3cccc4nonc34)c3c[nH]nc3N2)CC1. The maximum Gasteiger partial charge on any atom is 0.219 e. The number of nitrogens with zero attached hydrogens (tertiary/aromatic N) is 5. The number of hydrogen-bond acceptors (Lipinski definition) is 7. The average Bonchev–Trinajstić information content (AvgIpc) is 3.41. The number of amides is 1. The lowest BCUT2D eigenvalue weighted by Gasteiger charge is -2.31. The zero-order chi connectivity index (χ0) is 20.0. The summed E-state index contributed by atoms with van der Waals surface area (Å²) in [6, 6.07) is 8.03. The lowest BCUT2D eigenvalue weighted by molar-refractivity contribution is -0.128. The minimum atomic E-state index is -0.354. The number of carbonyl (C=O) groups is 1. The van der Waals surface area contributed by atoms with Gasteiger partial charge >= 0.3 is 0 Å². The van der Waals surface area contributed by atoms with Gasteiger partial charge in [-0.05, 0) is 33.9 Å². The van der Waals surface area contributed by atoms with Crippen molar-refractivity contribution in [1.82, 2.24) is 25.4 Å². The summed E-state index contributed by atoms with van der Waals surface area (Å²) < 4.78 is 4.93. The van der Waals surface area contributed by atoms with E-state index in [0.29, 0.717) is 41.9 Å². The van der Waals surface area contributed by atoms with E-state index in [-0.39, 0.29) is 11.8 Å². The lowest BCUT2D eigenvalue weighted by atomic mass is 9.81. The Morgan fingerprint density at radius 1 is 1.34 bits per heavy atom. The first-order valence-electron chi connectivity index (χ1n) is 9.28. The largest absolute Gasteiger partial charge is 0.339 e. The van der Waals surface area contributed by atoms with Crippen LogP contribution < -0.4 is 5.32 Å². The minimum Gasteiger partial charge on any atom is -0.339 e. The predicted molar refractivity (Wildman–Crippen MR) is 103 cm³/mol. The van der Waals surface area contributed by atoms with Crippen molar-refractivity contribution in [3.05, 3.63) is 58.4 Å². The molecule has 1 atom stereocenters. The molecule has 144 valence electrons. The normalized spacial score (nSPS) is 18.8. The summed E-state index contributed by atoms with van der Waals surface area (Å²) in [5.41, 5.74) is 5.29. The van der Waals surface area contributed by atoms with Gasteiger partial charge in [-0.25, -0.2) is 4.63 Å². The highest BCUT2D eigenvalue weighted by Crippen LogP contribution is 2.44. The van der Waals surface area contributed by atoms with Crippen molar-refractivity contribution in [2.24, 2.45) is 0 Å². The Hall–Kier alpha value is -3.93. The van der Waals surface area contributed by atoms with Crippen molar-refractivity contribution in [2.75, 3.05) is 18.4 Å². The minimum absolute atomic E-state index is 0.0454. The Morgan fingerprint density at radius 2 is 2.24 bits per heavy atom. The fraction of sp³-hybridized carbons (Fsp3) is 0.250. The van der Waals surface area contributed by atoms with Crippen molar-refractivity contribution < 1.29 is 9.42 Å². The molecule has 5 rings (SSSR count). The molecule has 0 saturated heterocycles. The molecule has 0 fully saturated rings. The number of carbonyl (C=O) groups excluding carboxylic acids is 1. The second kappa shape index (κ2) is 6.60. The standard InChI is InChI=1S/C20H17N7O2/c1-11(28)27-7-5-12(6-8-27)18-14(9-21)17(15-10-22-24-20(15)23-18)13-3-2-4-16-19(13)26-29-25-16/h2-5,10,17H,6-8H2,1H3,(H2,22,23,24). The summed E-state index contributed by atoms with van der Waals surface area (Å²) in [5.74, 6) is 0.365. The van der Waals surface area contributed by atoms with E-state index in [9.17, 15) is 10.1 Å². The van der Waals surface area contributed by atoms with Crippen LogP contribution in [0.3, 0.4) is 0 Å². The van der Waals surface area contributed by atoms with E-state index in [2.05, 4.69) is 31.9 Å². The van der Waals surface area contributed by atoms with E-state index in [0.717, 1.165) is 22.4 Å². The third kappa shape index (κ3) is 2.69. The monoisotopic (exact) mass is 387 g/mol. The van der Waals surface area contributed by atoms with Gasteiger partial charge in [0.1, 0.15) is 11.0 Å². The maximum absolute atomic E-state index is 11.6. The number of rotatable bonds is 2. The predicted octanol–water partition coefficient (Wildman–Crippen LogP) is 2.46. The summed E-state index contributed by atoms with van der Waals surface area (Å²) in [4.78, 5) is 13.4. The fourth-order valence-corrected chi connectivity index (χ4v) is 4.04. The van der Waals surface area contributed by atoms with Crippen LogP contribution >= 0.6 is 0 Å². The van der Waals surface area contributed by atoms with Crippen LogP contribution in [-0.2, 0) is 4.79 Å². The molecule has 4 heterocycles. The van der Waals surface area contributed by atoms with Gasteiger partial charge in [0.15, 0.2) is 5.82 Å². The molecular formula is C20H17N7O2. The topological polar surface area (TPSA) is 124 Å². The number of H-pyrrole nitrogens is 1. The molecule has 2 N–H and O–H groups in total. The van der Waals surface area contributed by atoms with E-state index in [1.165, 1.54) is 0 Å². The van der Waals surface area contributed by atoms with Gasteiger partial charge in [0.2, 0.25) is 5.91 Å². The Bertz CT molecular complexity index is 1230. The molecule has 2 aliphatic rings. The molecule has 0 saturated carbocycles. The first kappa shape index (κ1) is 17.2. The lowest BCUT2D eigenvalue weighted by Crippen LogP contribution is -2.34. The van der Waals surface area contributed by atoms with Gasteiger partial charge in [0.05, 0.1) is 23.3 Å². The van der Waals surface area contributed by atoms with E-state index >= 15 is 0 Å². The second-order valence-corrected chi connectivity index (χ2v) is 7.07. The molecule has 29 heavy (non-hydrogen) atoms. The van der Waals surface area contributed by atoms with Crippen LogP contribution in [0.25, 0.3) is 11.0 Å². The van der Waals surface area contributed by atoms with Gasteiger partial charge in [0.25, 0.3) is 0 Å². The first-order chi connectivity index (χ1) is 14.2. The van der Waals surface area contributed by atoms with Gasteiger partial charge in [0, 0.05) is 31.8 Å². The van der Waals surface area contributed by atoms with Gasteiger partial charge < -0.3 is 10.2 Å². The van der Waals surface area contributed by atoms with Gasteiger partial charge in [-0.2, -0.15) is 10.4 Å². The highest BCUT2D eigenvalue weighted by atomic mass is 16.6. The number of aromatic nitrogens is 4. The molecule has 9 nitrogen and oxygen atoms in total. The Morgan fingerprint density at radius 3 is 3.00 bits per heavy atom. The second-order valence-electron chi connectivity index (χ2n) is 7.07. The van der Waals surface area contributed by atoms with Crippen LogP contribution in [0.5, 0.6) is 0 Å². The Balaban J connectivity index is 1.67. The van der Waals surface area contributed by atoms with E-state index in [1.54, 1.807) is 18.0 Å². The molecule has 0 bridgehead atoms. The van der Waals surface area contributed by atoms with Crippen LogP contribution in [0.4, 0.5) is 5.82 Å². The molecule has 3 aromatic rings. The molecule has 0 spiro atoms. The number of hydrogen-bond donors (Lipinski definition) is 2. The number of allylic oxidation sites excluding steroid dienone is 2. The third-order valence-corrected chi connectivity index (χ3v) is 5.51. The van der Waals surface area contributed by atoms with Crippen molar-refractivity contribution >= 4 is 22.8 Å². The zero-order valence-corrected chi connectivity index (χ0v) is 15.6. The Labute approximate surface area is 165 Å². The van der Waals surface area contributed by atoms with E-state index in [1.807, 2.05) is 24.3 Å². The summed E-state index contributed by atoms with van der Waals surface area (Å²) in [6.45, 7) is 2.71. The number of nitrogens with one attached hydrogen (secondary N) is 2. The highest BCUT2D eigenvalue weighted by Gasteiger charge is 2.34. The summed E-state index contributed by atoms with van der Waals surface area (Å²) in [6.07, 6.45) is 4.45. The van der Waals surface area contributed by atoms with Crippen molar-refractivity contribution in [3.63, 3.8) is 0 Å². The molecule has 1 unspecified atom stereocenters. The van der Waals surface area contributed by atoms with E-state index < -0.39 is 0 Å². The van der Waals surface area contributed by atoms with Crippen LogP contribution in [0.15, 0.2) is 51.9 Å². The third-order valence-electron chi connectivity index (χ3n) is 5.51. The summed E-state index contributed by atoms with van der Waals surface area (Å²) in [7, 11) is 0. The van der Waals surface area contributed by atoms with Crippen molar-refractivity contribution in [3.8, 4) is 6.07 Å². The maximum atomic E-state index is 11.6. The summed E-state index contributed by atoms with van der Waals surface area (Å²) in [5, 5.41) is 28.6. The molecule has 1 aromatic carbocycles. The molecule has 0 radical (unpaired) electrons. The fourth-order valence-electron chi connectivity index (χ4n) is 4.04. The summed E-state index contributed by atoms with van der Waals surface area (Å²) >= 11 is 0. The molecule has 9 heteroatoms. The van der Waals surface area contributed by atoms with Gasteiger partial charge in [-0.1, -0.05) is 18.2 Å². The number of benzene rings is 1. The smallest absolute Gasteiger partial charge is 0.219 e. The van der Waals surface area contributed by atoms with Crippen LogP contribution in [0.1, 0.15) is 30.4 Å². The number of fused-ring (bicyclic) bond motifs is 2. The van der Waals surface area contributed by atoms with Gasteiger partial charge in [-0.15, -0.1) is 0 Å². The van der Waals surface area contributed by atoms with Crippen molar-refractivity contribution in [1.29, 1.82) is 5.26 Å². The average molecular weight is 387 g/mol. The van der Waals surface area contributed by atoms with Gasteiger partial charge in [-0.3, -0.25) is 9.89 Å². The van der Waals surface area contributed by atoms with Crippen LogP contribution in [-0.4, -0.2) is 44.4 Å². The number of aromatic amines is 1. The van der Waals surface area contributed by atoms with Crippen LogP contribution in [0.2, 0.25) is 0 Å². The van der Waals surface area contributed by atoms with Crippen LogP contribution in [0, 0.1) is 11.3 Å².